The van der Waals surface area contributed by atoms with E-state index in [-0.39, 0.29) is 0 Å². The molecule has 2 aromatic rings. The Morgan fingerprint density at radius 3 is 2.77 bits per heavy atom. The van der Waals surface area contributed by atoms with Crippen LogP contribution in [0, 0.1) is 0 Å². The summed E-state index contributed by atoms with van der Waals surface area (Å²) < 4.78 is 5.30. The summed E-state index contributed by atoms with van der Waals surface area (Å²) in [5.41, 5.74) is 6.49. The van der Waals surface area contributed by atoms with Crippen molar-refractivity contribution in [2.45, 2.75) is 31.8 Å². The number of nitrogens with one attached hydrogen (secondary N) is 2. The number of anilines is 1. The molecule has 0 unspecified atom stereocenters. The monoisotopic (exact) mass is 409 g/mol. The molecular weight excluding hydrogens is 382 g/mol. The number of carbonyl (C=O) groups excluding carboxylic acids is 1. The molecule has 0 aromatic heterocycles. The number of hydrogen-bond acceptors (Lipinski definition) is 6. The van der Waals surface area contributed by atoms with E-state index in [1.54, 1.807) is 12.2 Å². The first kappa shape index (κ1) is 20.3. The molecule has 1 saturated heterocycles. The summed E-state index contributed by atoms with van der Waals surface area (Å²) in [6.45, 7) is 3.26. The van der Waals surface area contributed by atoms with E-state index in [1.165, 1.54) is 0 Å². The molecule has 0 aliphatic carbocycles. The van der Waals surface area contributed by atoms with Crippen LogP contribution in [0.2, 0.25) is 0 Å². The number of nitrogens with zero attached hydrogens (tertiary/aromatic N) is 1. The fraction of sp³-hybridized carbons (Fsp3) is 0.348. The third-order valence-corrected chi connectivity index (χ3v) is 5.51. The smallest absolute Gasteiger partial charge is 0.430 e. The molecule has 30 heavy (non-hydrogen) atoms. The number of amides is 1. The van der Waals surface area contributed by atoms with E-state index in [4.69, 9.17) is 14.4 Å². The Morgan fingerprint density at radius 1 is 1.20 bits per heavy atom. The van der Waals surface area contributed by atoms with Gasteiger partial charge in [-0.2, -0.15) is 0 Å². The molecule has 0 bridgehead atoms. The van der Waals surface area contributed by atoms with Crippen molar-refractivity contribution in [2.75, 3.05) is 25.5 Å². The van der Waals surface area contributed by atoms with Crippen molar-refractivity contribution in [3.05, 3.63) is 65.7 Å². The van der Waals surface area contributed by atoms with E-state index in [2.05, 4.69) is 23.8 Å². The van der Waals surface area contributed by atoms with E-state index < -0.39 is 11.7 Å². The zero-order valence-electron chi connectivity index (χ0n) is 17.3. The van der Waals surface area contributed by atoms with Crippen molar-refractivity contribution < 1.29 is 19.2 Å². The van der Waals surface area contributed by atoms with E-state index in [1.807, 2.05) is 48.5 Å². The molecule has 2 aliphatic rings. The van der Waals surface area contributed by atoms with Crippen molar-refractivity contribution in [3.8, 4) is 5.75 Å². The molecule has 7 heteroatoms. The standard InChI is InChI=1S/C23H27N3O4/c1-3-17-6-4-8-19(14-17)24-22(27)29-26-12-10-23(11-13-26)16-21(25-30-23)18-7-5-9-20(15-18)28-2/h4-9,14-16,25H,3,10-13H2,1-2H3,(H,24,27). The zero-order chi connectivity index (χ0) is 21.0. The number of aryl methyl sites for hydroxylation is 1. The summed E-state index contributed by atoms with van der Waals surface area (Å²) in [4.78, 5) is 23.7. The predicted molar refractivity (Wildman–Crippen MR) is 115 cm³/mol. The second-order valence-electron chi connectivity index (χ2n) is 7.55. The number of ether oxygens (including phenoxy) is 1. The van der Waals surface area contributed by atoms with Crippen LogP contribution >= 0.6 is 0 Å². The second-order valence-corrected chi connectivity index (χ2v) is 7.55. The Labute approximate surface area is 176 Å². The second kappa shape index (κ2) is 8.77. The number of rotatable bonds is 5. The van der Waals surface area contributed by atoms with E-state index in [0.29, 0.717) is 25.9 Å². The summed E-state index contributed by atoms with van der Waals surface area (Å²) in [6.07, 6.45) is 3.99. The van der Waals surface area contributed by atoms with Crippen LogP contribution in [0.4, 0.5) is 10.5 Å². The molecule has 1 amide bonds. The van der Waals surface area contributed by atoms with Gasteiger partial charge in [0.2, 0.25) is 0 Å². The lowest BCUT2D eigenvalue weighted by atomic mass is 9.91. The molecule has 0 saturated carbocycles. The van der Waals surface area contributed by atoms with Gasteiger partial charge in [0, 0.05) is 24.3 Å². The summed E-state index contributed by atoms with van der Waals surface area (Å²) in [6, 6.07) is 15.6. The molecule has 0 radical (unpaired) electrons. The van der Waals surface area contributed by atoms with Gasteiger partial charge in [-0.25, -0.2) is 4.79 Å². The molecule has 2 heterocycles. The third kappa shape index (κ3) is 4.58. The zero-order valence-corrected chi connectivity index (χ0v) is 17.3. The molecule has 7 nitrogen and oxygen atoms in total. The SMILES string of the molecule is CCc1cccc(NC(=O)ON2CCC3(C=C(c4cccc(OC)c4)NO3)CC2)c1. The van der Waals surface area contributed by atoms with Gasteiger partial charge >= 0.3 is 6.09 Å². The molecule has 2 N–H and O–H groups in total. The largest absolute Gasteiger partial charge is 0.497 e. The molecule has 0 atom stereocenters. The van der Waals surface area contributed by atoms with Crippen LogP contribution in [0.5, 0.6) is 5.75 Å². The minimum Gasteiger partial charge on any atom is -0.497 e. The first-order chi connectivity index (χ1) is 14.6. The van der Waals surface area contributed by atoms with Gasteiger partial charge in [-0.05, 0) is 55.2 Å². The lowest BCUT2D eigenvalue weighted by Gasteiger charge is -2.35. The minimum atomic E-state index is -0.475. The van der Waals surface area contributed by atoms with Gasteiger partial charge in [0.25, 0.3) is 0 Å². The topological polar surface area (TPSA) is 72.1 Å². The number of methoxy groups -OCH3 is 1. The highest BCUT2D eigenvalue weighted by Crippen LogP contribution is 2.35. The highest BCUT2D eigenvalue weighted by atomic mass is 16.7. The summed E-state index contributed by atoms with van der Waals surface area (Å²) in [5.74, 6) is 0.801. The predicted octanol–water partition coefficient (Wildman–Crippen LogP) is 4.13. The Morgan fingerprint density at radius 2 is 2.00 bits per heavy atom. The molecule has 2 aliphatic heterocycles. The van der Waals surface area contributed by atoms with Crippen molar-refractivity contribution in [3.63, 3.8) is 0 Å². The Bertz CT molecular complexity index is 936. The highest BCUT2D eigenvalue weighted by molar-refractivity contribution is 5.84. The van der Waals surface area contributed by atoms with Crippen molar-refractivity contribution in [2.24, 2.45) is 0 Å². The number of hydrogen-bond donors (Lipinski definition) is 2. The average molecular weight is 409 g/mol. The first-order valence-corrected chi connectivity index (χ1v) is 10.2. The molecular formula is C23H27N3O4. The normalized spacial score (nSPS) is 17.9. The van der Waals surface area contributed by atoms with Crippen molar-refractivity contribution >= 4 is 17.5 Å². The number of benzene rings is 2. The first-order valence-electron chi connectivity index (χ1n) is 10.2. The van der Waals surface area contributed by atoms with Gasteiger partial charge in [0.1, 0.15) is 11.4 Å². The van der Waals surface area contributed by atoms with Gasteiger partial charge < -0.3 is 9.57 Å². The maximum atomic E-state index is 12.2. The number of piperidine rings is 1. The fourth-order valence-corrected chi connectivity index (χ4v) is 3.74. The minimum absolute atomic E-state index is 0.399. The van der Waals surface area contributed by atoms with Crippen LogP contribution in [0.15, 0.2) is 54.6 Å². The van der Waals surface area contributed by atoms with Gasteiger partial charge in [-0.3, -0.25) is 15.6 Å². The molecule has 1 spiro atoms. The average Bonchev–Trinajstić information content (AvgIpc) is 3.19. The summed E-state index contributed by atoms with van der Waals surface area (Å²) in [5, 5.41) is 4.48. The summed E-state index contributed by atoms with van der Waals surface area (Å²) in [7, 11) is 1.65. The maximum absolute atomic E-state index is 12.2. The Kier molecular flexibility index (Phi) is 5.92. The van der Waals surface area contributed by atoms with Crippen LogP contribution in [-0.4, -0.2) is 37.0 Å². The van der Waals surface area contributed by atoms with Gasteiger partial charge in [0.05, 0.1) is 12.8 Å². The van der Waals surface area contributed by atoms with Gasteiger partial charge in [0.15, 0.2) is 0 Å². The van der Waals surface area contributed by atoms with E-state index in [0.717, 1.165) is 34.7 Å². The highest BCUT2D eigenvalue weighted by Gasteiger charge is 2.39. The number of hydroxylamine groups is 3. The maximum Gasteiger partial charge on any atom is 0.430 e. The van der Waals surface area contributed by atoms with Crippen molar-refractivity contribution in [1.29, 1.82) is 0 Å². The van der Waals surface area contributed by atoms with E-state index >= 15 is 0 Å². The Balaban J connectivity index is 1.32. The quantitative estimate of drug-likeness (QED) is 0.774. The van der Waals surface area contributed by atoms with Gasteiger partial charge in [-0.15, -0.1) is 5.06 Å². The third-order valence-electron chi connectivity index (χ3n) is 5.51. The molecule has 4 rings (SSSR count). The van der Waals surface area contributed by atoms with Crippen LogP contribution in [0.3, 0.4) is 0 Å². The van der Waals surface area contributed by atoms with Crippen LogP contribution < -0.4 is 15.5 Å². The number of carbonyl (C=O) groups is 1. The Hall–Kier alpha value is -3.03. The lowest BCUT2D eigenvalue weighted by Crippen LogP contribution is -2.45. The van der Waals surface area contributed by atoms with Crippen LogP contribution in [-0.2, 0) is 16.1 Å². The molecule has 1 fully saturated rings. The van der Waals surface area contributed by atoms with Gasteiger partial charge in [-0.1, -0.05) is 31.2 Å². The van der Waals surface area contributed by atoms with E-state index in [9.17, 15) is 4.79 Å². The van der Waals surface area contributed by atoms with Crippen LogP contribution in [0.1, 0.15) is 30.9 Å². The molecule has 2 aromatic carbocycles. The lowest BCUT2D eigenvalue weighted by molar-refractivity contribution is -0.153. The summed E-state index contributed by atoms with van der Waals surface area (Å²) >= 11 is 0. The molecule has 158 valence electrons. The fourth-order valence-electron chi connectivity index (χ4n) is 3.74. The van der Waals surface area contributed by atoms with Crippen LogP contribution in [0.25, 0.3) is 5.70 Å². The van der Waals surface area contributed by atoms with Crippen molar-refractivity contribution in [1.82, 2.24) is 10.5 Å².